The van der Waals surface area contributed by atoms with E-state index in [-0.39, 0.29) is 29.2 Å². The van der Waals surface area contributed by atoms with E-state index in [0.717, 1.165) is 25.3 Å². The van der Waals surface area contributed by atoms with Crippen LogP contribution in [0, 0.1) is 11.7 Å². The van der Waals surface area contributed by atoms with Gasteiger partial charge in [-0.05, 0) is 37.0 Å². The summed E-state index contributed by atoms with van der Waals surface area (Å²) in [6.45, 7) is -0.0514. The van der Waals surface area contributed by atoms with Crippen molar-refractivity contribution in [2.24, 2.45) is 5.92 Å². The van der Waals surface area contributed by atoms with E-state index in [2.05, 4.69) is 4.72 Å². The predicted octanol–water partition coefficient (Wildman–Crippen LogP) is 1.66. The molecule has 21 heavy (non-hydrogen) atoms. The maximum Gasteiger partial charge on any atom is 0.240 e. The number of rotatable bonds is 5. The van der Waals surface area contributed by atoms with Gasteiger partial charge in [-0.2, -0.15) is 0 Å². The average molecular weight is 317 g/mol. The number of hydrogen-bond acceptors (Lipinski definition) is 4. The standard InChI is InChI=1S/C14H20FNO4S/c1-20-14-7-6-11(8-12(14)15)21(18,19)16-13-5-3-2-4-10(13)9-17/h6-8,10,13,16-17H,2-5,9H2,1H3. The molecule has 1 aliphatic carbocycles. The van der Waals surface area contributed by atoms with Crippen molar-refractivity contribution in [3.8, 4) is 5.75 Å². The van der Waals surface area contributed by atoms with Crippen LogP contribution in [0.4, 0.5) is 4.39 Å². The highest BCUT2D eigenvalue weighted by Gasteiger charge is 2.29. The second-order valence-corrected chi connectivity index (χ2v) is 6.97. The smallest absolute Gasteiger partial charge is 0.240 e. The average Bonchev–Trinajstić information content (AvgIpc) is 2.47. The molecule has 0 aromatic heterocycles. The third-order valence-corrected chi connectivity index (χ3v) is 5.37. The van der Waals surface area contributed by atoms with Gasteiger partial charge >= 0.3 is 0 Å². The van der Waals surface area contributed by atoms with E-state index in [0.29, 0.717) is 6.42 Å². The fourth-order valence-corrected chi connectivity index (χ4v) is 4.01. The monoisotopic (exact) mass is 317 g/mol. The lowest BCUT2D eigenvalue weighted by atomic mass is 9.86. The molecule has 0 bridgehead atoms. The van der Waals surface area contributed by atoms with Crippen LogP contribution in [0.3, 0.4) is 0 Å². The molecule has 2 unspecified atom stereocenters. The normalized spacial score (nSPS) is 23.0. The Kier molecular flexibility index (Phi) is 5.18. The van der Waals surface area contributed by atoms with Gasteiger partial charge < -0.3 is 9.84 Å². The Bertz CT molecular complexity index is 591. The second kappa shape index (κ2) is 6.72. The summed E-state index contributed by atoms with van der Waals surface area (Å²) < 4.78 is 45.6. The predicted molar refractivity (Wildman–Crippen MR) is 76.1 cm³/mol. The highest BCUT2D eigenvalue weighted by molar-refractivity contribution is 7.89. The Labute approximate surface area is 124 Å². The fraction of sp³-hybridized carbons (Fsp3) is 0.571. The van der Waals surface area contributed by atoms with Gasteiger partial charge in [0.05, 0.1) is 12.0 Å². The van der Waals surface area contributed by atoms with Crippen LogP contribution in [-0.4, -0.2) is 33.3 Å². The van der Waals surface area contributed by atoms with Crippen molar-refractivity contribution in [2.75, 3.05) is 13.7 Å². The summed E-state index contributed by atoms with van der Waals surface area (Å²) in [6, 6.07) is 3.23. The van der Waals surface area contributed by atoms with Gasteiger partial charge in [-0.1, -0.05) is 12.8 Å². The Morgan fingerprint density at radius 3 is 2.71 bits per heavy atom. The first kappa shape index (κ1) is 16.2. The van der Waals surface area contributed by atoms with Crippen LogP contribution in [0.2, 0.25) is 0 Å². The molecule has 1 fully saturated rings. The number of ether oxygens (including phenoxy) is 1. The zero-order chi connectivity index (χ0) is 15.5. The topological polar surface area (TPSA) is 75.6 Å². The van der Waals surface area contributed by atoms with Crippen molar-refractivity contribution in [1.29, 1.82) is 0 Å². The molecule has 118 valence electrons. The molecule has 1 aliphatic rings. The van der Waals surface area contributed by atoms with E-state index in [1.54, 1.807) is 0 Å². The van der Waals surface area contributed by atoms with Crippen molar-refractivity contribution >= 4 is 10.0 Å². The lowest BCUT2D eigenvalue weighted by Gasteiger charge is -2.30. The number of hydrogen-bond donors (Lipinski definition) is 2. The molecular formula is C14H20FNO4S. The summed E-state index contributed by atoms with van der Waals surface area (Å²) in [5.41, 5.74) is 0. The first-order valence-electron chi connectivity index (χ1n) is 6.94. The summed E-state index contributed by atoms with van der Waals surface area (Å²) in [7, 11) is -2.49. The Hall–Kier alpha value is -1.18. The molecule has 7 heteroatoms. The van der Waals surface area contributed by atoms with Crippen molar-refractivity contribution < 1.29 is 22.7 Å². The quantitative estimate of drug-likeness (QED) is 0.866. The number of sulfonamides is 1. The van der Waals surface area contributed by atoms with E-state index in [1.807, 2.05) is 0 Å². The largest absolute Gasteiger partial charge is 0.494 e. The highest BCUT2D eigenvalue weighted by Crippen LogP contribution is 2.26. The Morgan fingerprint density at radius 1 is 1.38 bits per heavy atom. The number of aliphatic hydroxyl groups is 1. The number of benzene rings is 1. The molecule has 0 aliphatic heterocycles. The number of aliphatic hydroxyl groups excluding tert-OH is 1. The van der Waals surface area contributed by atoms with Crippen molar-refractivity contribution in [1.82, 2.24) is 4.72 Å². The molecule has 2 N–H and O–H groups in total. The SMILES string of the molecule is COc1ccc(S(=O)(=O)NC2CCCCC2CO)cc1F. The van der Waals surface area contributed by atoms with Crippen LogP contribution in [0.5, 0.6) is 5.75 Å². The van der Waals surface area contributed by atoms with Gasteiger partial charge in [-0.15, -0.1) is 0 Å². The number of methoxy groups -OCH3 is 1. The molecule has 0 saturated heterocycles. The Morgan fingerprint density at radius 2 is 2.10 bits per heavy atom. The maximum atomic E-state index is 13.6. The molecule has 0 radical (unpaired) electrons. The lowest BCUT2D eigenvalue weighted by Crippen LogP contribution is -2.43. The molecule has 2 atom stereocenters. The van der Waals surface area contributed by atoms with E-state index in [9.17, 15) is 17.9 Å². The van der Waals surface area contributed by atoms with Gasteiger partial charge in [0.2, 0.25) is 10.0 Å². The summed E-state index contributed by atoms with van der Waals surface area (Å²) in [4.78, 5) is -0.136. The molecule has 5 nitrogen and oxygen atoms in total. The fourth-order valence-electron chi connectivity index (χ4n) is 2.66. The van der Waals surface area contributed by atoms with Gasteiger partial charge in [0.15, 0.2) is 11.6 Å². The minimum absolute atomic E-state index is 0.000138. The highest BCUT2D eigenvalue weighted by atomic mass is 32.2. The number of halogens is 1. The third kappa shape index (κ3) is 3.72. The van der Waals surface area contributed by atoms with Gasteiger partial charge in [0.25, 0.3) is 0 Å². The van der Waals surface area contributed by atoms with Crippen LogP contribution in [-0.2, 0) is 10.0 Å². The van der Waals surface area contributed by atoms with E-state index in [1.165, 1.54) is 19.2 Å². The van der Waals surface area contributed by atoms with E-state index in [4.69, 9.17) is 4.74 Å². The number of nitrogens with one attached hydrogen (secondary N) is 1. The minimum Gasteiger partial charge on any atom is -0.494 e. The van der Waals surface area contributed by atoms with Gasteiger partial charge in [0.1, 0.15) is 0 Å². The zero-order valence-corrected chi connectivity index (χ0v) is 12.7. The first-order chi connectivity index (χ1) is 9.97. The molecule has 1 aromatic rings. The molecule has 1 saturated carbocycles. The molecule has 0 heterocycles. The van der Waals surface area contributed by atoms with Crippen molar-refractivity contribution in [2.45, 2.75) is 36.6 Å². The van der Waals surface area contributed by atoms with Gasteiger partial charge in [-0.25, -0.2) is 17.5 Å². The molecule has 2 rings (SSSR count). The van der Waals surface area contributed by atoms with E-state index >= 15 is 0 Å². The maximum absolute atomic E-state index is 13.6. The third-order valence-electron chi connectivity index (χ3n) is 3.88. The summed E-state index contributed by atoms with van der Waals surface area (Å²) in [5, 5.41) is 9.33. The molecular weight excluding hydrogens is 297 g/mol. The summed E-state index contributed by atoms with van der Waals surface area (Å²) in [5.74, 6) is -0.806. The second-order valence-electron chi connectivity index (χ2n) is 5.25. The van der Waals surface area contributed by atoms with E-state index < -0.39 is 15.8 Å². The summed E-state index contributed by atoms with van der Waals surface area (Å²) >= 11 is 0. The minimum atomic E-state index is -3.81. The lowest BCUT2D eigenvalue weighted by molar-refractivity contribution is 0.164. The first-order valence-corrected chi connectivity index (χ1v) is 8.43. The zero-order valence-electron chi connectivity index (χ0n) is 11.9. The van der Waals surface area contributed by atoms with Crippen LogP contribution in [0.15, 0.2) is 23.1 Å². The van der Waals surface area contributed by atoms with Crippen LogP contribution >= 0.6 is 0 Å². The van der Waals surface area contributed by atoms with Gasteiger partial charge in [0, 0.05) is 12.6 Å². The van der Waals surface area contributed by atoms with Gasteiger partial charge in [-0.3, -0.25) is 0 Å². The molecule has 0 spiro atoms. The molecule has 1 aromatic carbocycles. The molecule has 0 amide bonds. The van der Waals surface area contributed by atoms with Crippen LogP contribution in [0.1, 0.15) is 25.7 Å². The Balaban J connectivity index is 2.19. The van der Waals surface area contributed by atoms with Crippen molar-refractivity contribution in [3.05, 3.63) is 24.0 Å². The van der Waals surface area contributed by atoms with Crippen LogP contribution < -0.4 is 9.46 Å². The van der Waals surface area contributed by atoms with Crippen LogP contribution in [0.25, 0.3) is 0 Å². The summed E-state index contributed by atoms with van der Waals surface area (Å²) in [6.07, 6.45) is 3.38. The van der Waals surface area contributed by atoms with Crippen molar-refractivity contribution in [3.63, 3.8) is 0 Å².